The van der Waals surface area contributed by atoms with Gasteiger partial charge in [-0.05, 0) is 136 Å². The van der Waals surface area contributed by atoms with Crippen LogP contribution in [0.2, 0.25) is 0 Å². The first-order chi connectivity index (χ1) is 35.5. The van der Waals surface area contributed by atoms with Gasteiger partial charge in [-0.3, -0.25) is 29.4 Å². The van der Waals surface area contributed by atoms with E-state index in [2.05, 4.69) is 30.0 Å². The number of ether oxygens (including phenoxy) is 1. The first-order valence-electron chi connectivity index (χ1n) is 26.3. The lowest BCUT2D eigenvalue weighted by Crippen LogP contribution is -2.60. The number of nitrogens with one attached hydrogen (secondary N) is 1. The van der Waals surface area contributed by atoms with E-state index in [1.54, 1.807) is 19.1 Å². The zero-order valence-corrected chi connectivity index (χ0v) is 41.9. The van der Waals surface area contributed by atoms with Gasteiger partial charge >= 0.3 is 11.8 Å². The molecule has 1 spiro atoms. The summed E-state index contributed by atoms with van der Waals surface area (Å²) in [7, 11) is 0. The second-order valence-electron chi connectivity index (χ2n) is 22.7. The van der Waals surface area contributed by atoms with Gasteiger partial charge in [0.15, 0.2) is 11.4 Å². The van der Waals surface area contributed by atoms with Gasteiger partial charge in [-0.1, -0.05) is 13.0 Å². The fraction of sp³-hybridized carbons (Fsp3) is 0.527. The van der Waals surface area contributed by atoms with Gasteiger partial charge in [-0.2, -0.15) is 9.97 Å². The maximum Gasteiger partial charge on any atom is 0.420 e. The maximum absolute atomic E-state index is 17.2. The Labute approximate surface area is 425 Å². The largest absolute Gasteiger partial charge is 0.508 e. The summed E-state index contributed by atoms with van der Waals surface area (Å²) < 4.78 is 62.2. The summed E-state index contributed by atoms with van der Waals surface area (Å²) in [6.07, 6.45) is 8.44. The summed E-state index contributed by atoms with van der Waals surface area (Å²) in [4.78, 5) is 60.0. The molecule has 19 heteroatoms. The quantitative estimate of drug-likeness (QED) is 0.105. The molecule has 6 fully saturated rings. The number of carbonyl (C=O) groups is 2. The van der Waals surface area contributed by atoms with Crippen LogP contribution in [0.25, 0.3) is 44.0 Å². The maximum atomic E-state index is 17.2. The number of β-amino-alcohol motifs (C(OH)–C–C–N with tert-alkyl or cyclic N) is 1. The third-order valence-electron chi connectivity index (χ3n) is 17.1. The van der Waals surface area contributed by atoms with Crippen LogP contribution < -0.4 is 25.6 Å². The Morgan fingerprint density at radius 3 is 2.39 bits per heavy atom. The number of aromatic nitrogens is 4. The Kier molecular flexibility index (Phi) is 12.0. The third kappa shape index (κ3) is 9.01. The Balaban J connectivity index is 0.676. The molecule has 74 heavy (non-hydrogen) atoms. The van der Waals surface area contributed by atoms with Crippen LogP contribution in [0.4, 0.5) is 24.7 Å². The Morgan fingerprint density at radius 2 is 1.66 bits per heavy atom. The van der Waals surface area contributed by atoms with E-state index < -0.39 is 40.6 Å². The molecule has 6 aromatic rings. The number of hydrogen-bond donors (Lipinski definition) is 3. The minimum atomic E-state index is -1.23. The van der Waals surface area contributed by atoms with Crippen LogP contribution in [0.1, 0.15) is 89.7 Å². The molecule has 4 aliphatic heterocycles. The van der Waals surface area contributed by atoms with Crippen molar-refractivity contribution in [2.45, 2.75) is 102 Å². The number of piperidine rings is 3. The number of pyridine rings is 1. The molecule has 6 aliphatic rings. The lowest BCUT2D eigenvalue weighted by molar-refractivity contribution is -0.135. The van der Waals surface area contributed by atoms with Crippen molar-refractivity contribution in [1.82, 2.24) is 34.6 Å². The van der Waals surface area contributed by atoms with Gasteiger partial charge in [0.05, 0.1) is 23.1 Å². The molecule has 12 rings (SSSR count). The van der Waals surface area contributed by atoms with E-state index in [1.165, 1.54) is 29.0 Å². The van der Waals surface area contributed by atoms with Crippen molar-refractivity contribution in [3.63, 3.8) is 0 Å². The third-order valence-corrected chi connectivity index (χ3v) is 17.1. The smallest absolute Gasteiger partial charge is 0.420 e. The van der Waals surface area contributed by atoms with Crippen LogP contribution in [0.5, 0.6) is 11.8 Å². The second kappa shape index (κ2) is 18.2. The minimum absolute atomic E-state index is 0.00683. The number of phenolic OH excluding ortho intramolecular Hbond substituents is 1. The molecule has 0 bridgehead atoms. The van der Waals surface area contributed by atoms with Gasteiger partial charge < -0.3 is 34.1 Å². The number of halogens is 3. The summed E-state index contributed by atoms with van der Waals surface area (Å²) in [5.74, 6) is -2.37. The molecule has 3 aromatic carbocycles. The molecule has 7 heterocycles. The molecule has 2 amide bonds. The Bertz CT molecular complexity index is 3280. The summed E-state index contributed by atoms with van der Waals surface area (Å²) in [5.41, 5.74) is -0.0419. The van der Waals surface area contributed by atoms with E-state index in [0.717, 1.165) is 51.0 Å². The van der Waals surface area contributed by atoms with E-state index in [0.29, 0.717) is 117 Å². The number of benzene rings is 3. The number of oxazole rings is 1. The summed E-state index contributed by atoms with van der Waals surface area (Å²) >= 11 is 0. The molecule has 16 nitrogen and oxygen atoms in total. The van der Waals surface area contributed by atoms with Crippen LogP contribution in [0.15, 0.2) is 57.9 Å². The van der Waals surface area contributed by atoms with E-state index >= 15 is 13.2 Å². The van der Waals surface area contributed by atoms with Crippen LogP contribution >= 0.6 is 0 Å². The number of anilines is 2. The number of likely N-dealkylation sites (tertiary alicyclic amines) is 1. The van der Waals surface area contributed by atoms with Crippen molar-refractivity contribution >= 4 is 56.1 Å². The van der Waals surface area contributed by atoms with Crippen LogP contribution in [-0.4, -0.2) is 135 Å². The highest BCUT2D eigenvalue weighted by molar-refractivity contribution is 6.02. The lowest BCUT2D eigenvalue weighted by atomic mass is 9.55. The van der Waals surface area contributed by atoms with Gasteiger partial charge in [0.2, 0.25) is 11.8 Å². The number of alkyl halides is 1. The van der Waals surface area contributed by atoms with E-state index in [-0.39, 0.29) is 64.7 Å². The van der Waals surface area contributed by atoms with Gasteiger partial charge in [0, 0.05) is 87.7 Å². The van der Waals surface area contributed by atoms with Crippen LogP contribution in [0, 0.1) is 22.5 Å². The lowest BCUT2D eigenvalue weighted by Gasteiger charge is -2.57. The predicted molar refractivity (Wildman–Crippen MR) is 272 cm³/mol. The minimum Gasteiger partial charge on any atom is -0.508 e. The highest BCUT2D eigenvalue weighted by atomic mass is 19.1. The molecule has 0 radical (unpaired) electrons. The highest BCUT2D eigenvalue weighted by Gasteiger charge is 2.57. The first kappa shape index (κ1) is 48.6. The molecule has 2 saturated carbocycles. The number of amides is 2. The number of nitrogens with zero attached hydrogens (tertiary/aromatic N) is 8. The van der Waals surface area contributed by atoms with Gasteiger partial charge in [0.25, 0.3) is 0 Å². The van der Waals surface area contributed by atoms with Crippen LogP contribution in [0.3, 0.4) is 0 Å². The van der Waals surface area contributed by atoms with Gasteiger partial charge in [-0.15, -0.1) is 0 Å². The number of hydrogen-bond acceptors (Lipinski definition) is 14. The van der Waals surface area contributed by atoms with E-state index in [4.69, 9.17) is 14.1 Å². The van der Waals surface area contributed by atoms with Crippen molar-refractivity contribution in [3.8, 4) is 23.0 Å². The Hall–Kier alpha value is -6.31. The van der Waals surface area contributed by atoms with Crippen molar-refractivity contribution in [3.05, 3.63) is 76.4 Å². The van der Waals surface area contributed by atoms with E-state index in [1.807, 2.05) is 24.0 Å². The number of phenols is 1. The topological polar surface area (TPSA) is 183 Å². The van der Waals surface area contributed by atoms with Crippen molar-refractivity contribution < 1.29 is 42.1 Å². The molecule has 3 N–H and O–H groups in total. The number of aryl methyl sites for hydroxylation is 1. The number of rotatable bonds is 12. The fourth-order valence-electron chi connectivity index (χ4n) is 13.1. The van der Waals surface area contributed by atoms with Crippen molar-refractivity contribution in [2.24, 2.45) is 10.8 Å². The van der Waals surface area contributed by atoms with Crippen molar-refractivity contribution in [1.29, 1.82) is 0 Å². The second-order valence-corrected chi connectivity index (χ2v) is 22.7. The standard InChI is InChI=1S/C55H62F3N9O7/c1-3-36-39(56)7-5-33-23-35(68)25-37(44(33)36)46-45(57)47-38(26-59-46)48(66-16-4-11-52(2,72)29-66)62-50(61-47)73-32-54(12-13-54)30-63-17-14-53(15-18-63)27-55(58,28-53)31-64-19-21-65(22-20-64)34-6-8-40-42(24-34)74-51(71)67(40)41-9-10-43(69)60-49(41)70/h5-8,23-26,41,68,72H,3-4,9-22,27-32H2,1-2H3,(H,60,69,70)/t41?,52-/m1/s1. The average molecular weight is 1020 g/mol. The monoisotopic (exact) mass is 1020 g/mol. The summed E-state index contributed by atoms with van der Waals surface area (Å²) in [6, 6.07) is 10.6. The number of aliphatic hydroxyl groups is 1. The molecule has 1 unspecified atom stereocenters. The SMILES string of the molecule is CCc1c(F)ccc2cc(O)cc(-c3ncc4c(N5CCC[C@@](C)(O)C5)nc(OCC5(CN6CCC7(CC6)CC(F)(CN6CCN(c8ccc9c(c8)oc(=O)n9C8CCC(=O)NC8=O)CC6)C7)CC5)nc4c3F)c12. The summed E-state index contributed by atoms with van der Waals surface area (Å²) in [6.45, 7) is 10.5. The molecular formula is C55H62F3N9O7. The van der Waals surface area contributed by atoms with Gasteiger partial charge in [-0.25, -0.2) is 18.0 Å². The molecule has 2 aliphatic carbocycles. The number of piperazine rings is 1. The number of aromatic hydroxyl groups is 1. The predicted octanol–water partition coefficient (Wildman–Crippen LogP) is 7.19. The highest BCUT2D eigenvalue weighted by Crippen LogP contribution is 2.58. The molecule has 390 valence electrons. The van der Waals surface area contributed by atoms with Crippen molar-refractivity contribution in [2.75, 3.05) is 81.9 Å². The average Bonchev–Trinajstić information content (AvgIpc) is 4.06. The zero-order valence-electron chi connectivity index (χ0n) is 41.9. The Morgan fingerprint density at radius 1 is 0.892 bits per heavy atom. The molecule has 4 saturated heterocycles. The van der Waals surface area contributed by atoms with Gasteiger partial charge in [0.1, 0.15) is 40.3 Å². The molecule has 2 atom stereocenters. The van der Waals surface area contributed by atoms with Crippen LogP contribution in [-0.2, 0) is 16.0 Å². The summed E-state index contributed by atoms with van der Waals surface area (Å²) in [5, 5.41) is 25.5. The zero-order chi connectivity index (χ0) is 51.3. The molecular weight excluding hydrogens is 956 g/mol. The molecule has 3 aromatic heterocycles. The number of fused-ring (bicyclic) bond motifs is 3. The number of imide groups is 1. The van der Waals surface area contributed by atoms with E-state index in [9.17, 15) is 24.6 Å². The number of carbonyl (C=O) groups excluding carboxylic acids is 2. The normalized spacial score (nSPS) is 23.9. The first-order valence-corrected chi connectivity index (χ1v) is 26.3. The fourth-order valence-corrected chi connectivity index (χ4v) is 13.1.